The van der Waals surface area contributed by atoms with Gasteiger partial charge >= 0.3 is 5.97 Å². The van der Waals surface area contributed by atoms with Crippen LogP contribution in [0.3, 0.4) is 0 Å². The summed E-state index contributed by atoms with van der Waals surface area (Å²) in [5.41, 5.74) is 0.234. The van der Waals surface area contributed by atoms with Crippen molar-refractivity contribution in [3.8, 4) is 0 Å². The minimum atomic E-state index is -0.916. The number of rotatable bonds is 6. The number of amides is 1. The van der Waals surface area contributed by atoms with Crippen LogP contribution < -0.4 is 0 Å². The van der Waals surface area contributed by atoms with E-state index in [1.807, 2.05) is 0 Å². The van der Waals surface area contributed by atoms with Gasteiger partial charge in [0.25, 0.3) is 0 Å². The molecule has 17 heavy (non-hydrogen) atoms. The van der Waals surface area contributed by atoms with E-state index in [1.165, 1.54) is 4.90 Å². The lowest BCUT2D eigenvalue weighted by molar-refractivity contribution is -0.145. The van der Waals surface area contributed by atoms with Crippen molar-refractivity contribution in [2.75, 3.05) is 6.54 Å². The van der Waals surface area contributed by atoms with Crippen LogP contribution in [0.5, 0.6) is 0 Å². The summed E-state index contributed by atoms with van der Waals surface area (Å²) in [6.45, 7) is 6.30. The molecule has 1 fully saturated rings. The Bertz CT molecular complexity index is 290. The van der Waals surface area contributed by atoms with Crippen LogP contribution in [0.2, 0.25) is 0 Å². The first kappa shape index (κ1) is 14.0. The molecule has 0 bridgehead atoms. The quantitative estimate of drug-likeness (QED) is 0.776. The number of hydrogen-bond donors (Lipinski definition) is 1. The SMILES string of the molecule is CC(C)(C)CCCC(=O)N(CC(=O)O)C1CC1. The summed E-state index contributed by atoms with van der Waals surface area (Å²) in [6, 6.07) is 0.188. The van der Waals surface area contributed by atoms with Crippen LogP contribution >= 0.6 is 0 Å². The first-order valence-electron chi connectivity index (χ1n) is 6.31. The van der Waals surface area contributed by atoms with Gasteiger partial charge in [0, 0.05) is 12.5 Å². The van der Waals surface area contributed by atoms with Gasteiger partial charge in [-0.15, -0.1) is 0 Å². The topological polar surface area (TPSA) is 57.6 Å². The van der Waals surface area contributed by atoms with Gasteiger partial charge in [0.15, 0.2) is 0 Å². The molecule has 1 N–H and O–H groups in total. The molecule has 0 unspecified atom stereocenters. The van der Waals surface area contributed by atoms with Crippen molar-refractivity contribution in [2.24, 2.45) is 5.41 Å². The van der Waals surface area contributed by atoms with E-state index in [0.717, 1.165) is 25.7 Å². The van der Waals surface area contributed by atoms with Crippen molar-refractivity contribution in [3.63, 3.8) is 0 Å². The second-order valence-electron chi connectivity index (χ2n) is 6.06. The summed E-state index contributed by atoms with van der Waals surface area (Å²) in [5.74, 6) is -0.916. The maximum absolute atomic E-state index is 11.9. The molecule has 4 nitrogen and oxygen atoms in total. The second kappa shape index (κ2) is 5.52. The van der Waals surface area contributed by atoms with Gasteiger partial charge in [-0.3, -0.25) is 9.59 Å². The molecule has 0 aromatic carbocycles. The molecular formula is C13H23NO3. The van der Waals surface area contributed by atoms with E-state index in [0.29, 0.717) is 6.42 Å². The zero-order valence-corrected chi connectivity index (χ0v) is 11.0. The molecule has 1 aliphatic rings. The first-order chi connectivity index (χ1) is 7.79. The maximum atomic E-state index is 11.9. The van der Waals surface area contributed by atoms with Crippen LogP contribution in [0.15, 0.2) is 0 Å². The van der Waals surface area contributed by atoms with Crippen molar-refractivity contribution < 1.29 is 14.7 Å². The Morgan fingerprint density at radius 1 is 1.29 bits per heavy atom. The van der Waals surface area contributed by atoms with Crippen molar-refractivity contribution >= 4 is 11.9 Å². The lowest BCUT2D eigenvalue weighted by Crippen LogP contribution is -2.37. The van der Waals surface area contributed by atoms with Gasteiger partial charge in [-0.05, 0) is 31.1 Å². The third kappa shape index (κ3) is 5.71. The molecule has 0 atom stereocenters. The van der Waals surface area contributed by atoms with Crippen molar-refractivity contribution in [1.82, 2.24) is 4.90 Å². The summed E-state index contributed by atoms with van der Waals surface area (Å²) in [5, 5.41) is 8.77. The van der Waals surface area contributed by atoms with Crippen LogP contribution in [-0.2, 0) is 9.59 Å². The lowest BCUT2D eigenvalue weighted by atomic mass is 9.90. The van der Waals surface area contributed by atoms with E-state index in [-0.39, 0.29) is 23.9 Å². The average molecular weight is 241 g/mol. The molecular weight excluding hydrogens is 218 g/mol. The van der Waals surface area contributed by atoms with E-state index in [9.17, 15) is 9.59 Å². The van der Waals surface area contributed by atoms with Gasteiger partial charge in [-0.1, -0.05) is 20.8 Å². The van der Waals surface area contributed by atoms with Gasteiger partial charge in [0.2, 0.25) is 5.91 Å². The molecule has 1 amide bonds. The Hall–Kier alpha value is -1.06. The number of carbonyl (C=O) groups excluding carboxylic acids is 1. The number of nitrogens with zero attached hydrogens (tertiary/aromatic N) is 1. The predicted octanol–water partition coefficient (Wildman–Crippen LogP) is 2.28. The number of aliphatic carboxylic acids is 1. The van der Waals surface area contributed by atoms with Crippen molar-refractivity contribution in [1.29, 1.82) is 0 Å². The van der Waals surface area contributed by atoms with Crippen molar-refractivity contribution in [3.05, 3.63) is 0 Å². The summed E-state index contributed by atoms with van der Waals surface area (Å²) >= 11 is 0. The molecule has 4 heteroatoms. The molecule has 0 aromatic heterocycles. The molecule has 0 aromatic rings. The fraction of sp³-hybridized carbons (Fsp3) is 0.846. The van der Waals surface area contributed by atoms with E-state index in [2.05, 4.69) is 20.8 Å². The standard InChI is InChI=1S/C13H23NO3/c1-13(2,3)8-4-5-11(15)14(9-12(16)17)10-6-7-10/h10H,4-9H2,1-3H3,(H,16,17). The zero-order chi connectivity index (χ0) is 13.1. The molecule has 0 heterocycles. The largest absolute Gasteiger partial charge is 0.480 e. The highest BCUT2D eigenvalue weighted by Gasteiger charge is 2.33. The van der Waals surface area contributed by atoms with Crippen LogP contribution in [0.25, 0.3) is 0 Å². The molecule has 98 valence electrons. The van der Waals surface area contributed by atoms with Crippen molar-refractivity contribution in [2.45, 2.75) is 58.9 Å². The predicted molar refractivity (Wildman–Crippen MR) is 65.7 cm³/mol. The van der Waals surface area contributed by atoms with Crippen LogP contribution in [-0.4, -0.2) is 34.5 Å². The molecule has 1 rings (SSSR count). The number of hydrogen-bond acceptors (Lipinski definition) is 2. The Balaban J connectivity index is 2.35. The third-order valence-electron chi connectivity index (χ3n) is 2.93. The highest BCUT2D eigenvalue weighted by molar-refractivity contribution is 5.81. The third-order valence-corrected chi connectivity index (χ3v) is 2.93. The molecule has 1 aliphatic carbocycles. The highest BCUT2D eigenvalue weighted by Crippen LogP contribution is 2.28. The highest BCUT2D eigenvalue weighted by atomic mass is 16.4. The van der Waals surface area contributed by atoms with E-state index >= 15 is 0 Å². The Morgan fingerprint density at radius 2 is 1.88 bits per heavy atom. The van der Waals surface area contributed by atoms with Gasteiger partial charge in [0.05, 0.1) is 0 Å². The summed E-state index contributed by atoms with van der Waals surface area (Å²) < 4.78 is 0. The molecule has 0 aliphatic heterocycles. The second-order valence-corrected chi connectivity index (χ2v) is 6.06. The minimum Gasteiger partial charge on any atom is -0.480 e. The Labute approximate surface area is 103 Å². The smallest absolute Gasteiger partial charge is 0.323 e. The zero-order valence-electron chi connectivity index (χ0n) is 11.0. The van der Waals surface area contributed by atoms with E-state index < -0.39 is 5.97 Å². The number of carboxylic acids is 1. The lowest BCUT2D eigenvalue weighted by Gasteiger charge is -2.22. The average Bonchev–Trinajstić information content (AvgIpc) is 2.94. The Morgan fingerprint density at radius 3 is 2.29 bits per heavy atom. The number of carboxylic acid groups (broad SMARTS) is 1. The molecule has 1 saturated carbocycles. The summed E-state index contributed by atoms with van der Waals surface area (Å²) in [6.07, 6.45) is 4.22. The molecule has 0 saturated heterocycles. The van der Waals surface area contributed by atoms with Crippen LogP contribution in [0.1, 0.15) is 52.9 Å². The summed E-state index contributed by atoms with van der Waals surface area (Å²) in [4.78, 5) is 24.1. The van der Waals surface area contributed by atoms with E-state index in [4.69, 9.17) is 5.11 Å². The molecule has 0 radical (unpaired) electrons. The molecule has 0 spiro atoms. The van der Waals surface area contributed by atoms with Gasteiger partial charge < -0.3 is 10.0 Å². The summed E-state index contributed by atoms with van der Waals surface area (Å²) in [7, 11) is 0. The van der Waals surface area contributed by atoms with Gasteiger partial charge in [-0.2, -0.15) is 0 Å². The van der Waals surface area contributed by atoms with Crippen LogP contribution in [0, 0.1) is 5.41 Å². The normalized spacial score (nSPS) is 15.7. The van der Waals surface area contributed by atoms with Gasteiger partial charge in [-0.25, -0.2) is 0 Å². The maximum Gasteiger partial charge on any atom is 0.323 e. The monoisotopic (exact) mass is 241 g/mol. The fourth-order valence-corrected chi connectivity index (χ4v) is 1.87. The number of carbonyl (C=O) groups is 2. The fourth-order valence-electron chi connectivity index (χ4n) is 1.87. The minimum absolute atomic E-state index is 0.000787. The first-order valence-corrected chi connectivity index (χ1v) is 6.31. The van der Waals surface area contributed by atoms with Crippen LogP contribution in [0.4, 0.5) is 0 Å². The Kier molecular flexibility index (Phi) is 4.54. The van der Waals surface area contributed by atoms with E-state index in [1.54, 1.807) is 0 Å². The van der Waals surface area contributed by atoms with Gasteiger partial charge in [0.1, 0.15) is 6.54 Å².